The highest BCUT2D eigenvalue weighted by molar-refractivity contribution is 6.23. The van der Waals surface area contributed by atoms with Crippen molar-refractivity contribution in [2.45, 2.75) is 0 Å². The van der Waals surface area contributed by atoms with Crippen LogP contribution in [0.2, 0.25) is 0 Å². The zero-order valence-corrected chi connectivity index (χ0v) is 24.4. The fourth-order valence-corrected chi connectivity index (χ4v) is 6.58. The number of para-hydroxylation sites is 3. The molecule has 3 nitrogen and oxygen atoms in total. The molecule has 0 amide bonds. The predicted octanol–water partition coefficient (Wildman–Crippen LogP) is 12.3. The number of nitrogens with zero attached hydrogens (tertiary/aromatic N) is 1. The molecule has 0 atom stereocenters. The lowest BCUT2D eigenvalue weighted by Gasteiger charge is -2.25. The topological polar surface area (TPSA) is 29.5 Å². The van der Waals surface area contributed by atoms with E-state index in [1.54, 1.807) is 0 Å². The Bertz CT molecular complexity index is 2420. The summed E-state index contributed by atoms with van der Waals surface area (Å²) in [4.78, 5) is 2.27. The van der Waals surface area contributed by atoms with E-state index < -0.39 is 0 Å². The first kappa shape index (κ1) is 25.4. The molecule has 0 bridgehead atoms. The Hall–Kier alpha value is -6.06. The largest absolute Gasteiger partial charge is 0.456 e. The second-order valence-corrected chi connectivity index (χ2v) is 11.3. The van der Waals surface area contributed by atoms with Gasteiger partial charge in [0.2, 0.25) is 0 Å². The molecule has 212 valence electrons. The van der Waals surface area contributed by atoms with Crippen molar-refractivity contribution >= 4 is 60.9 Å². The maximum Gasteiger partial charge on any atom is 0.144 e. The molecule has 0 saturated heterocycles. The van der Waals surface area contributed by atoms with Gasteiger partial charge in [0.25, 0.3) is 0 Å². The molecule has 7 aromatic carbocycles. The van der Waals surface area contributed by atoms with Crippen LogP contribution in [0.15, 0.2) is 173 Å². The Kier molecular flexibility index (Phi) is 5.82. The monoisotopic (exact) mass is 577 g/mol. The van der Waals surface area contributed by atoms with Gasteiger partial charge in [0, 0.05) is 44.2 Å². The molecule has 0 unspecified atom stereocenters. The van der Waals surface area contributed by atoms with Crippen molar-refractivity contribution in [1.29, 1.82) is 0 Å². The summed E-state index contributed by atoms with van der Waals surface area (Å²) in [5, 5.41) is 4.30. The van der Waals surface area contributed by atoms with Gasteiger partial charge in [-0.05, 0) is 77.4 Å². The van der Waals surface area contributed by atoms with Crippen molar-refractivity contribution in [3.63, 3.8) is 0 Å². The minimum absolute atomic E-state index is 0.857. The summed E-state index contributed by atoms with van der Waals surface area (Å²) in [6.45, 7) is 0. The summed E-state index contributed by atoms with van der Waals surface area (Å²) in [6.07, 6.45) is 0. The van der Waals surface area contributed by atoms with E-state index in [2.05, 4.69) is 138 Å². The molecule has 9 rings (SSSR count). The van der Waals surface area contributed by atoms with Crippen LogP contribution < -0.4 is 4.90 Å². The lowest BCUT2D eigenvalue weighted by atomic mass is 9.96. The third-order valence-corrected chi connectivity index (χ3v) is 8.65. The van der Waals surface area contributed by atoms with Crippen molar-refractivity contribution in [1.82, 2.24) is 0 Å². The Morgan fingerprint density at radius 3 is 1.67 bits per heavy atom. The van der Waals surface area contributed by atoms with E-state index in [1.165, 1.54) is 0 Å². The predicted molar refractivity (Wildman–Crippen MR) is 187 cm³/mol. The SMILES string of the molecule is c1ccc(-c2c3oc4cc(-c5ccc(N(c6ccccc6)c6ccccc6)cc5)ccc4c3cc3oc4ccccc4c23)cc1. The Balaban J connectivity index is 1.18. The van der Waals surface area contributed by atoms with E-state index >= 15 is 0 Å². The van der Waals surface area contributed by atoms with Gasteiger partial charge >= 0.3 is 0 Å². The second kappa shape index (κ2) is 10.3. The van der Waals surface area contributed by atoms with Gasteiger partial charge < -0.3 is 13.7 Å². The Labute approximate surface area is 260 Å². The van der Waals surface area contributed by atoms with Crippen LogP contribution in [0, 0.1) is 0 Å². The van der Waals surface area contributed by atoms with E-state index in [4.69, 9.17) is 8.83 Å². The molecular formula is C42H27NO2. The van der Waals surface area contributed by atoms with Crippen LogP contribution in [-0.4, -0.2) is 0 Å². The van der Waals surface area contributed by atoms with Crippen LogP contribution in [0.4, 0.5) is 17.1 Å². The highest BCUT2D eigenvalue weighted by Gasteiger charge is 2.21. The van der Waals surface area contributed by atoms with Crippen LogP contribution in [-0.2, 0) is 0 Å². The minimum Gasteiger partial charge on any atom is -0.456 e. The number of benzene rings is 7. The number of anilines is 3. The average Bonchev–Trinajstić information content (AvgIpc) is 3.66. The zero-order chi connectivity index (χ0) is 29.7. The van der Waals surface area contributed by atoms with Crippen LogP contribution in [0.25, 0.3) is 66.1 Å². The number of rotatable bonds is 5. The Morgan fingerprint density at radius 2 is 0.956 bits per heavy atom. The van der Waals surface area contributed by atoms with Gasteiger partial charge in [-0.2, -0.15) is 0 Å². The first-order chi connectivity index (χ1) is 22.3. The molecular weight excluding hydrogens is 550 g/mol. The van der Waals surface area contributed by atoms with Crippen molar-refractivity contribution in [2.75, 3.05) is 4.90 Å². The van der Waals surface area contributed by atoms with Crippen LogP contribution in [0.1, 0.15) is 0 Å². The molecule has 0 radical (unpaired) electrons. The lowest BCUT2D eigenvalue weighted by Crippen LogP contribution is -2.09. The third-order valence-electron chi connectivity index (χ3n) is 8.65. The molecule has 0 aliphatic rings. The van der Waals surface area contributed by atoms with Crippen LogP contribution in [0.3, 0.4) is 0 Å². The first-order valence-electron chi connectivity index (χ1n) is 15.2. The normalized spacial score (nSPS) is 11.6. The molecule has 0 aliphatic heterocycles. The first-order valence-corrected chi connectivity index (χ1v) is 15.2. The van der Waals surface area contributed by atoms with Gasteiger partial charge in [0.1, 0.15) is 22.3 Å². The van der Waals surface area contributed by atoms with Gasteiger partial charge in [-0.3, -0.25) is 0 Å². The zero-order valence-electron chi connectivity index (χ0n) is 24.4. The highest BCUT2D eigenvalue weighted by Crippen LogP contribution is 2.45. The van der Waals surface area contributed by atoms with E-state index in [1.807, 2.05) is 30.3 Å². The highest BCUT2D eigenvalue weighted by atomic mass is 16.3. The van der Waals surface area contributed by atoms with Gasteiger partial charge in [0.05, 0.1) is 0 Å². The molecule has 2 aromatic heterocycles. The van der Waals surface area contributed by atoms with Crippen molar-refractivity contribution in [2.24, 2.45) is 0 Å². The van der Waals surface area contributed by atoms with Gasteiger partial charge in [-0.25, -0.2) is 0 Å². The summed E-state index contributed by atoms with van der Waals surface area (Å²) in [6, 6.07) is 57.1. The smallest absolute Gasteiger partial charge is 0.144 e. The molecule has 0 fully saturated rings. The molecule has 0 spiro atoms. The summed E-state index contributed by atoms with van der Waals surface area (Å²) >= 11 is 0. The van der Waals surface area contributed by atoms with E-state index in [0.29, 0.717) is 0 Å². The summed E-state index contributed by atoms with van der Waals surface area (Å²) in [5.41, 5.74) is 11.2. The summed E-state index contributed by atoms with van der Waals surface area (Å²) in [7, 11) is 0. The molecule has 45 heavy (non-hydrogen) atoms. The molecule has 0 saturated carbocycles. The van der Waals surface area contributed by atoms with E-state index in [9.17, 15) is 0 Å². The Morgan fingerprint density at radius 1 is 0.356 bits per heavy atom. The van der Waals surface area contributed by atoms with E-state index in [-0.39, 0.29) is 0 Å². The van der Waals surface area contributed by atoms with Crippen molar-refractivity contribution < 1.29 is 8.83 Å². The average molecular weight is 578 g/mol. The maximum absolute atomic E-state index is 6.75. The van der Waals surface area contributed by atoms with Crippen molar-refractivity contribution in [3.05, 3.63) is 164 Å². The standard InChI is InChI=1S/C42H27NO2/c1-4-12-29(13-5-1)40-41-35-18-10-11-19-37(35)44-39(41)27-36-34-25-22-30(26-38(34)45-42(36)40)28-20-23-33(24-21-28)43(31-14-6-2-7-15-31)32-16-8-3-9-17-32/h1-27H. The number of hydrogen-bond acceptors (Lipinski definition) is 3. The van der Waals surface area contributed by atoms with Crippen molar-refractivity contribution in [3.8, 4) is 22.3 Å². The number of furan rings is 2. The van der Waals surface area contributed by atoms with Gasteiger partial charge in [0.15, 0.2) is 0 Å². The lowest BCUT2D eigenvalue weighted by molar-refractivity contribution is 0.664. The molecule has 3 heteroatoms. The van der Waals surface area contributed by atoms with Gasteiger partial charge in [-0.15, -0.1) is 0 Å². The maximum atomic E-state index is 6.75. The number of fused-ring (bicyclic) bond motifs is 6. The summed E-state index contributed by atoms with van der Waals surface area (Å²) < 4.78 is 13.1. The van der Waals surface area contributed by atoms with Crippen LogP contribution >= 0.6 is 0 Å². The van der Waals surface area contributed by atoms with Gasteiger partial charge in [-0.1, -0.05) is 103 Å². The fourth-order valence-electron chi connectivity index (χ4n) is 6.58. The number of hydrogen-bond donors (Lipinski definition) is 0. The fraction of sp³-hybridized carbons (Fsp3) is 0. The third kappa shape index (κ3) is 4.21. The molecule has 0 N–H and O–H groups in total. The van der Waals surface area contributed by atoms with E-state index in [0.717, 1.165) is 83.2 Å². The van der Waals surface area contributed by atoms with Crippen LogP contribution in [0.5, 0.6) is 0 Å². The summed E-state index contributed by atoms with van der Waals surface area (Å²) in [5.74, 6) is 0. The quantitative estimate of drug-likeness (QED) is 0.204. The molecule has 2 heterocycles. The molecule has 0 aliphatic carbocycles. The molecule has 9 aromatic rings. The second-order valence-electron chi connectivity index (χ2n) is 11.3. The minimum atomic E-state index is 0.857.